The first kappa shape index (κ1) is 15.2. The first-order chi connectivity index (χ1) is 10.4. The number of halogens is 3. The Labute approximate surface area is 136 Å². The number of rotatable bonds is 2. The van der Waals surface area contributed by atoms with E-state index in [0.717, 1.165) is 6.07 Å². The molecular weight excluding hydrogens is 348 g/mol. The van der Waals surface area contributed by atoms with Crippen LogP contribution in [-0.2, 0) is 9.84 Å². The van der Waals surface area contributed by atoms with Crippen LogP contribution in [0.25, 0.3) is 10.9 Å². The van der Waals surface area contributed by atoms with Gasteiger partial charge in [-0.3, -0.25) is 4.98 Å². The number of fused-ring (bicyclic) bond motifs is 1. The van der Waals surface area contributed by atoms with Crippen LogP contribution in [0.5, 0.6) is 0 Å². The second kappa shape index (κ2) is 5.50. The third-order valence-electron chi connectivity index (χ3n) is 3.13. The maximum absolute atomic E-state index is 13.3. The summed E-state index contributed by atoms with van der Waals surface area (Å²) in [5, 5.41) is 0.847. The summed E-state index contributed by atoms with van der Waals surface area (Å²) in [5.41, 5.74) is 0.521. The Hall–Kier alpha value is -1.69. The van der Waals surface area contributed by atoms with Crippen molar-refractivity contribution in [2.45, 2.75) is 9.79 Å². The highest BCUT2D eigenvalue weighted by atomic mass is 35.5. The molecule has 0 saturated carbocycles. The van der Waals surface area contributed by atoms with Crippen molar-refractivity contribution in [3.05, 3.63) is 64.5 Å². The van der Waals surface area contributed by atoms with E-state index in [9.17, 15) is 12.8 Å². The monoisotopic (exact) mass is 355 g/mol. The van der Waals surface area contributed by atoms with E-state index in [-0.39, 0.29) is 14.8 Å². The maximum atomic E-state index is 13.3. The number of sulfone groups is 1. The van der Waals surface area contributed by atoms with E-state index < -0.39 is 15.7 Å². The molecule has 0 N–H and O–H groups in total. The molecule has 3 rings (SSSR count). The fraction of sp³-hybridized carbons (Fsp3) is 0. The molecule has 22 heavy (non-hydrogen) atoms. The second-order valence-corrected chi connectivity index (χ2v) is 7.29. The molecule has 0 aliphatic rings. The first-order valence-corrected chi connectivity index (χ1v) is 8.38. The van der Waals surface area contributed by atoms with Crippen molar-refractivity contribution in [1.82, 2.24) is 4.98 Å². The summed E-state index contributed by atoms with van der Waals surface area (Å²) in [5.74, 6) is -0.644. The molecule has 0 atom stereocenters. The topological polar surface area (TPSA) is 47.0 Å². The van der Waals surface area contributed by atoms with Crippen LogP contribution in [0.1, 0.15) is 0 Å². The highest BCUT2D eigenvalue weighted by Gasteiger charge is 2.23. The minimum Gasteiger partial charge on any atom is -0.255 e. The number of hydrogen-bond donors (Lipinski definition) is 0. The molecule has 3 aromatic rings. The molecule has 0 radical (unpaired) electrons. The molecule has 0 saturated heterocycles. The maximum Gasteiger partial charge on any atom is 0.209 e. The molecule has 0 aliphatic heterocycles. The molecule has 112 valence electrons. The van der Waals surface area contributed by atoms with Crippen LogP contribution in [0, 0.1) is 5.82 Å². The standard InChI is InChI=1S/C15H8Cl2FNO2S/c16-9-4-5-13-12(6-9)15(17)14(8-19-13)22(20,21)11-3-1-2-10(18)7-11/h1-8H. The van der Waals surface area contributed by atoms with Crippen molar-refractivity contribution in [1.29, 1.82) is 0 Å². The Morgan fingerprint density at radius 3 is 2.55 bits per heavy atom. The summed E-state index contributed by atoms with van der Waals surface area (Å²) in [6.07, 6.45) is 1.17. The van der Waals surface area contributed by atoms with E-state index in [0.29, 0.717) is 15.9 Å². The predicted octanol–water partition coefficient (Wildman–Crippen LogP) is 4.51. The van der Waals surface area contributed by atoms with E-state index in [1.807, 2.05) is 0 Å². The van der Waals surface area contributed by atoms with Gasteiger partial charge in [0.2, 0.25) is 9.84 Å². The molecule has 7 heteroatoms. The van der Waals surface area contributed by atoms with Crippen LogP contribution < -0.4 is 0 Å². The van der Waals surface area contributed by atoms with Crippen molar-refractivity contribution in [3.63, 3.8) is 0 Å². The van der Waals surface area contributed by atoms with Crippen LogP contribution >= 0.6 is 23.2 Å². The lowest BCUT2D eigenvalue weighted by Crippen LogP contribution is -2.04. The van der Waals surface area contributed by atoms with Gasteiger partial charge < -0.3 is 0 Å². The van der Waals surface area contributed by atoms with Crippen LogP contribution in [0.4, 0.5) is 4.39 Å². The van der Waals surface area contributed by atoms with Crippen LogP contribution in [-0.4, -0.2) is 13.4 Å². The normalized spacial score (nSPS) is 11.8. The van der Waals surface area contributed by atoms with Gasteiger partial charge in [0.25, 0.3) is 0 Å². The lowest BCUT2D eigenvalue weighted by Gasteiger charge is -2.09. The minimum atomic E-state index is -3.97. The Morgan fingerprint density at radius 1 is 1.05 bits per heavy atom. The third kappa shape index (κ3) is 2.56. The van der Waals surface area contributed by atoms with Gasteiger partial charge in [-0.2, -0.15) is 0 Å². The molecule has 0 unspecified atom stereocenters. The largest absolute Gasteiger partial charge is 0.255 e. The number of benzene rings is 2. The highest BCUT2D eigenvalue weighted by Crippen LogP contribution is 2.33. The van der Waals surface area contributed by atoms with Gasteiger partial charge >= 0.3 is 0 Å². The summed E-state index contributed by atoms with van der Waals surface area (Å²) >= 11 is 12.1. The van der Waals surface area contributed by atoms with Gasteiger partial charge in [-0.25, -0.2) is 12.8 Å². The Kier molecular flexibility index (Phi) is 3.80. The second-order valence-electron chi connectivity index (χ2n) is 4.56. The van der Waals surface area contributed by atoms with Gasteiger partial charge in [0.05, 0.1) is 15.4 Å². The summed E-state index contributed by atoms with van der Waals surface area (Å²) in [7, 11) is -3.97. The van der Waals surface area contributed by atoms with E-state index in [1.165, 1.54) is 30.5 Å². The number of hydrogen-bond acceptors (Lipinski definition) is 3. The molecule has 0 amide bonds. The molecule has 0 bridgehead atoms. The van der Waals surface area contributed by atoms with Crippen LogP contribution in [0.3, 0.4) is 0 Å². The zero-order valence-corrected chi connectivity index (χ0v) is 13.3. The first-order valence-electron chi connectivity index (χ1n) is 6.14. The molecule has 0 aliphatic carbocycles. The van der Waals surface area contributed by atoms with Crippen molar-refractivity contribution >= 4 is 43.9 Å². The van der Waals surface area contributed by atoms with Crippen LogP contribution in [0.15, 0.2) is 58.5 Å². The smallest absolute Gasteiger partial charge is 0.209 e. The number of aromatic nitrogens is 1. The van der Waals surface area contributed by atoms with Gasteiger partial charge in [-0.15, -0.1) is 0 Å². The average Bonchev–Trinajstić information content (AvgIpc) is 2.48. The molecule has 0 fully saturated rings. The van der Waals surface area contributed by atoms with Crippen molar-refractivity contribution < 1.29 is 12.8 Å². The average molecular weight is 356 g/mol. The summed E-state index contributed by atoms with van der Waals surface area (Å²) in [6.45, 7) is 0. The Morgan fingerprint density at radius 2 is 1.82 bits per heavy atom. The van der Waals surface area contributed by atoms with Crippen LogP contribution in [0.2, 0.25) is 10.0 Å². The lowest BCUT2D eigenvalue weighted by molar-refractivity contribution is 0.590. The van der Waals surface area contributed by atoms with Gasteiger partial charge in [0.1, 0.15) is 10.7 Å². The fourth-order valence-electron chi connectivity index (χ4n) is 2.06. The Bertz CT molecular complexity index is 990. The Balaban J connectivity index is 2.28. The summed E-state index contributed by atoms with van der Waals surface area (Å²) in [4.78, 5) is 3.71. The zero-order chi connectivity index (χ0) is 15.9. The predicted molar refractivity (Wildman–Crippen MR) is 83.6 cm³/mol. The lowest BCUT2D eigenvalue weighted by atomic mass is 10.2. The molecule has 1 heterocycles. The van der Waals surface area contributed by atoms with E-state index in [4.69, 9.17) is 23.2 Å². The van der Waals surface area contributed by atoms with Gasteiger partial charge in [0, 0.05) is 16.6 Å². The van der Waals surface area contributed by atoms with E-state index in [2.05, 4.69) is 4.98 Å². The molecule has 1 aromatic heterocycles. The molecule has 0 spiro atoms. The van der Waals surface area contributed by atoms with Gasteiger partial charge in [-0.05, 0) is 36.4 Å². The van der Waals surface area contributed by atoms with Crippen molar-refractivity contribution in [3.8, 4) is 0 Å². The number of pyridine rings is 1. The highest BCUT2D eigenvalue weighted by molar-refractivity contribution is 7.91. The summed E-state index contributed by atoms with van der Waals surface area (Å²) in [6, 6.07) is 9.54. The SMILES string of the molecule is O=S(=O)(c1cccc(F)c1)c1cnc2ccc(Cl)cc2c1Cl. The third-order valence-corrected chi connectivity index (χ3v) is 5.65. The molecule has 3 nitrogen and oxygen atoms in total. The summed E-state index contributed by atoms with van der Waals surface area (Å²) < 4.78 is 38.5. The van der Waals surface area contributed by atoms with Gasteiger partial charge in [0.15, 0.2) is 0 Å². The van der Waals surface area contributed by atoms with E-state index in [1.54, 1.807) is 12.1 Å². The molecule has 2 aromatic carbocycles. The van der Waals surface area contributed by atoms with Crippen molar-refractivity contribution in [2.75, 3.05) is 0 Å². The minimum absolute atomic E-state index is 0.0109. The quantitative estimate of drug-likeness (QED) is 0.679. The van der Waals surface area contributed by atoms with E-state index >= 15 is 0 Å². The molecular formula is C15H8Cl2FNO2S. The number of nitrogens with zero attached hydrogens (tertiary/aromatic N) is 1. The van der Waals surface area contributed by atoms with Crippen molar-refractivity contribution in [2.24, 2.45) is 0 Å². The fourth-order valence-corrected chi connectivity index (χ4v) is 4.06. The van der Waals surface area contributed by atoms with Gasteiger partial charge in [-0.1, -0.05) is 29.3 Å². The zero-order valence-electron chi connectivity index (χ0n) is 10.9.